The van der Waals surface area contributed by atoms with Crippen molar-refractivity contribution in [1.82, 2.24) is 4.90 Å². The summed E-state index contributed by atoms with van der Waals surface area (Å²) in [6, 6.07) is 9.80. The third kappa shape index (κ3) is 2.95. The fourth-order valence-electron chi connectivity index (χ4n) is 2.42. The first-order valence-corrected chi connectivity index (χ1v) is 6.62. The van der Waals surface area contributed by atoms with Crippen LogP contribution in [0, 0.1) is 11.8 Å². The van der Waals surface area contributed by atoms with Crippen LogP contribution in [0.1, 0.15) is 19.4 Å². The Balaban J connectivity index is 2.04. The van der Waals surface area contributed by atoms with Gasteiger partial charge in [-0.2, -0.15) is 0 Å². The third-order valence-corrected chi connectivity index (χ3v) is 3.53. The lowest BCUT2D eigenvalue weighted by molar-refractivity contribution is -0.149. The van der Waals surface area contributed by atoms with Gasteiger partial charge >= 0.3 is 5.97 Å². The number of hydrogen-bond donors (Lipinski definition) is 0. The second-order valence-electron chi connectivity index (χ2n) is 4.85. The van der Waals surface area contributed by atoms with Gasteiger partial charge in [-0.1, -0.05) is 37.3 Å². The van der Waals surface area contributed by atoms with Crippen molar-refractivity contribution in [3.8, 4) is 0 Å². The van der Waals surface area contributed by atoms with Crippen LogP contribution in [0.3, 0.4) is 0 Å². The summed E-state index contributed by atoms with van der Waals surface area (Å²) >= 11 is 0. The zero-order valence-electron chi connectivity index (χ0n) is 11.3. The van der Waals surface area contributed by atoms with E-state index in [2.05, 4.69) is 0 Å². The van der Waals surface area contributed by atoms with Crippen molar-refractivity contribution < 1.29 is 14.3 Å². The average Bonchev–Trinajstić information content (AvgIpc) is 2.69. The molecule has 4 heteroatoms. The molecule has 0 saturated carbocycles. The van der Waals surface area contributed by atoms with E-state index in [0.717, 1.165) is 5.56 Å². The topological polar surface area (TPSA) is 46.6 Å². The van der Waals surface area contributed by atoms with Crippen LogP contribution in [0.4, 0.5) is 0 Å². The standard InChI is InChI=1S/C15H19NO3/c1-3-19-15(18)13-10-16(14(17)11(13)2)9-12-7-5-4-6-8-12/h4-8,11,13H,3,9-10H2,1-2H3. The molecule has 0 aliphatic carbocycles. The first kappa shape index (κ1) is 13.6. The minimum atomic E-state index is -0.337. The molecule has 1 aromatic carbocycles. The van der Waals surface area contributed by atoms with Crippen molar-refractivity contribution in [2.45, 2.75) is 20.4 Å². The van der Waals surface area contributed by atoms with Crippen LogP contribution in [-0.2, 0) is 20.9 Å². The molecule has 1 aliphatic heterocycles. The smallest absolute Gasteiger partial charge is 0.311 e. The molecular weight excluding hydrogens is 242 g/mol. The Bertz CT molecular complexity index is 458. The Morgan fingerprint density at radius 3 is 2.68 bits per heavy atom. The van der Waals surface area contributed by atoms with Gasteiger partial charge in [0.2, 0.25) is 5.91 Å². The van der Waals surface area contributed by atoms with Gasteiger partial charge in [-0.25, -0.2) is 0 Å². The predicted molar refractivity (Wildman–Crippen MR) is 71.1 cm³/mol. The summed E-state index contributed by atoms with van der Waals surface area (Å²) < 4.78 is 5.03. The molecule has 2 atom stereocenters. The summed E-state index contributed by atoms with van der Waals surface area (Å²) in [6.45, 7) is 4.94. The maximum absolute atomic E-state index is 12.1. The van der Waals surface area contributed by atoms with Crippen molar-refractivity contribution in [2.75, 3.05) is 13.2 Å². The number of carbonyl (C=O) groups excluding carboxylic acids is 2. The Kier molecular flexibility index (Phi) is 4.20. The monoisotopic (exact) mass is 261 g/mol. The quantitative estimate of drug-likeness (QED) is 0.777. The average molecular weight is 261 g/mol. The van der Waals surface area contributed by atoms with Crippen molar-refractivity contribution in [2.24, 2.45) is 11.8 Å². The van der Waals surface area contributed by atoms with Gasteiger partial charge in [-0.05, 0) is 12.5 Å². The zero-order valence-corrected chi connectivity index (χ0v) is 11.3. The number of hydrogen-bond acceptors (Lipinski definition) is 3. The Morgan fingerprint density at radius 1 is 1.37 bits per heavy atom. The van der Waals surface area contributed by atoms with E-state index in [9.17, 15) is 9.59 Å². The molecule has 0 spiro atoms. The van der Waals surface area contributed by atoms with Crippen LogP contribution in [-0.4, -0.2) is 29.9 Å². The number of benzene rings is 1. The number of amides is 1. The molecule has 0 bridgehead atoms. The van der Waals surface area contributed by atoms with Gasteiger partial charge < -0.3 is 9.64 Å². The van der Waals surface area contributed by atoms with Gasteiger partial charge in [-0.3, -0.25) is 9.59 Å². The van der Waals surface area contributed by atoms with Crippen molar-refractivity contribution in [3.63, 3.8) is 0 Å². The number of ether oxygens (including phenoxy) is 1. The highest BCUT2D eigenvalue weighted by molar-refractivity contribution is 5.88. The van der Waals surface area contributed by atoms with Crippen molar-refractivity contribution in [1.29, 1.82) is 0 Å². The molecule has 1 amide bonds. The molecule has 0 radical (unpaired) electrons. The fourth-order valence-corrected chi connectivity index (χ4v) is 2.42. The maximum atomic E-state index is 12.1. The van der Waals surface area contributed by atoms with Crippen LogP contribution in [0.15, 0.2) is 30.3 Å². The van der Waals surface area contributed by atoms with E-state index >= 15 is 0 Å². The summed E-state index contributed by atoms with van der Waals surface area (Å²) in [4.78, 5) is 25.7. The molecule has 1 heterocycles. The molecule has 1 fully saturated rings. The third-order valence-electron chi connectivity index (χ3n) is 3.53. The van der Waals surface area contributed by atoms with E-state index in [1.807, 2.05) is 30.3 Å². The minimum absolute atomic E-state index is 0.0295. The minimum Gasteiger partial charge on any atom is -0.466 e. The first-order chi connectivity index (χ1) is 9.13. The van der Waals surface area contributed by atoms with Gasteiger partial charge in [0.1, 0.15) is 0 Å². The van der Waals surface area contributed by atoms with E-state index < -0.39 is 0 Å². The molecule has 2 rings (SSSR count). The van der Waals surface area contributed by atoms with Gasteiger partial charge in [0.15, 0.2) is 0 Å². The summed E-state index contributed by atoms with van der Waals surface area (Å²) in [5.74, 6) is -0.861. The Morgan fingerprint density at radius 2 is 2.05 bits per heavy atom. The molecule has 102 valence electrons. The summed E-state index contributed by atoms with van der Waals surface area (Å²) in [6.07, 6.45) is 0. The van der Waals surface area contributed by atoms with Crippen LogP contribution in [0.5, 0.6) is 0 Å². The van der Waals surface area contributed by atoms with E-state index in [4.69, 9.17) is 4.74 Å². The van der Waals surface area contributed by atoms with Crippen molar-refractivity contribution in [3.05, 3.63) is 35.9 Å². The van der Waals surface area contributed by atoms with Gasteiger partial charge in [0, 0.05) is 13.1 Å². The van der Waals surface area contributed by atoms with E-state index in [0.29, 0.717) is 19.7 Å². The molecule has 1 saturated heterocycles. The second kappa shape index (κ2) is 5.87. The molecule has 19 heavy (non-hydrogen) atoms. The lowest BCUT2D eigenvalue weighted by atomic mass is 9.98. The van der Waals surface area contributed by atoms with Crippen LogP contribution in [0.2, 0.25) is 0 Å². The van der Waals surface area contributed by atoms with Crippen molar-refractivity contribution >= 4 is 11.9 Å². The largest absolute Gasteiger partial charge is 0.466 e. The van der Waals surface area contributed by atoms with Gasteiger partial charge in [0.25, 0.3) is 0 Å². The predicted octanol–water partition coefficient (Wildman–Crippen LogP) is 1.84. The Labute approximate surface area is 113 Å². The first-order valence-electron chi connectivity index (χ1n) is 6.62. The SMILES string of the molecule is CCOC(=O)C1CN(Cc2ccccc2)C(=O)C1C. The van der Waals surface area contributed by atoms with E-state index in [-0.39, 0.29) is 23.7 Å². The molecule has 4 nitrogen and oxygen atoms in total. The van der Waals surface area contributed by atoms with E-state index in [1.165, 1.54) is 0 Å². The Hall–Kier alpha value is -1.84. The zero-order chi connectivity index (χ0) is 13.8. The van der Waals surface area contributed by atoms with Crippen LogP contribution < -0.4 is 0 Å². The fraction of sp³-hybridized carbons (Fsp3) is 0.467. The molecule has 2 unspecified atom stereocenters. The highest BCUT2D eigenvalue weighted by Gasteiger charge is 2.42. The highest BCUT2D eigenvalue weighted by Crippen LogP contribution is 2.27. The summed E-state index contributed by atoms with van der Waals surface area (Å²) in [5, 5.41) is 0. The summed E-state index contributed by atoms with van der Waals surface area (Å²) in [7, 11) is 0. The lowest BCUT2D eigenvalue weighted by Gasteiger charge is -2.16. The summed E-state index contributed by atoms with van der Waals surface area (Å²) in [5.41, 5.74) is 1.08. The maximum Gasteiger partial charge on any atom is 0.311 e. The number of esters is 1. The molecule has 0 aromatic heterocycles. The molecule has 1 aliphatic rings. The van der Waals surface area contributed by atoms with Gasteiger partial charge in [-0.15, -0.1) is 0 Å². The van der Waals surface area contributed by atoms with Crippen LogP contribution in [0.25, 0.3) is 0 Å². The molecular formula is C15H19NO3. The molecule has 1 aromatic rings. The number of nitrogens with zero attached hydrogens (tertiary/aromatic N) is 1. The molecule has 0 N–H and O–H groups in total. The van der Waals surface area contributed by atoms with E-state index in [1.54, 1.807) is 18.7 Å². The highest BCUT2D eigenvalue weighted by atomic mass is 16.5. The number of rotatable bonds is 4. The normalized spacial score (nSPS) is 22.6. The lowest BCUT2D eigenvalue weighted by Crippen LogP contribution is -2.26. The van der Waals surface area contributed by atoms with Crippen LogP contribution >= 0.6 is 0 Å². The number of carbonyl (C=O) groups is 2. The second-order valence-corrected chi connectivity index (χ2v) is 4.85. The van der Waals surface area contributed by atoms with Gasteiger partial charge in [0.05, 0.1) is 18.4 Å². The number of likely N-dealkylation sites (tertiary alicyclic amines) is 1.